The Kier molecular flexibility index (Phi) is 5.80. The van der Waals surface area contributed by atoms with Crippen molar-refractivity contribution in [2.75, 3.05) is 0 Å². The van der Waals surface area contributed by atoms with Crippen LogP contribution in [0.3, 0.4) is 0 Å². The second-order valence-electron chi connectivity index (χ2n) is 11.6. The van der Waals surface area contributed by atoms with Gasteiger partial charge in [-0.15, -0.1) is 5.73 Å². The Morgan fingerprint density at radius 1 is 1.07 bits per heavy atom. The lowest BCUT2D eigenvalue weighted by Gasteiger charge is -2.61. The van der Waals surface area contributed by atoms with Crippen molar-refractivity contribution in [2.24, 2.45) is 52.3 Å². The van der Waals surface area contributed by atoms with Crippen LogP contribution in [0.25, 0.3) is 0 Å². The number of allylic oxidation sites excluding steroid dienone is 1. The van der Waals surface area contributed by atoms with Gasteiger partial charge in [0.1, 0.15) is 0 Å². The summed E-state index contributed by atoms with van der Waals surface area (Å²) in [6.45, 7) is 11.3. The summed E-state index contributed by atoms with van der Waals surface area (Å²) in [5.41, 5.74) is 3.90. The molecule has 4 rings (SSSR count). The van der Waals surface area contributed by atoms with Crippen LogP contribution < -0.4 is 0 Å². The second-order valence-corrected chi connectivity index (χ2v) is 11.6. The van der Waals surface area contributed by atoms with Gasteiger partial charge in [-0.2, -0.15) is 0 Å². The second kappa shape index (κ2) is 7.92. The molecule has 4 fully saturated rings. The first-order valence-corrected chi connectivity index (χ1v) is 12.4. The van der Waals surface area contributed by atoms with Gasteiger partial charge in [0.2, 0.25) is 0 Å². The Labute approximate surface area is 178 Å². The molecule has 0 spiro atoms. The molecule has 0 aromatic rings. The SMILES string of the molecule is C=C=CC(CC(=O)O)[C@@H](C)[C@H]1CC[C@H]2[C@@H]3CC[C@@H]4CCCC[C@]4(C)[C@H]3CC[C@]12C. The first-order valence-electron chi connectivity index (χ1n) is 12.4. The summed E-state index contributed by atoms with van der Waals surface area (Å²) >= 11 is 0. The van der Waals surface area contributed by atoms with Crippen LogP contribution in [-0.2, 0) is 4.79 Å². The van der Waals surface area contributed by atoms with Gasteiger partial charge < -0.3 is 5.11 Å². The van der Waals surface area contributed by atoms with E-state index in [1.807, 2.05) is 6.08 Å². The molecule has 4 aliphatic rings. The Hall–Kier alpha value is -1.01. The zero-order valence-electron chi connectivity index (χ0n) is 19.0. The smallest absolute Gasteiger partial charge is 0.303 e. The van der Waals surface area contributed by atoms with E-state index in [2.05, 4.69) is 33.1 Å². The van der Waals surface area contributed by atoms with E-state index < -0.39 is 5.97 Å². The molecule has 0 aromatic carbocycles. The predicted octanol–water partition coefficient (Wildman–Crippen LogP) is 7.10. The first-order chi connectivity index (χ1) is 13.8. The lowest BCUT2D eigenvalue weighted by atomic mass is 9.44. The van der Waals surface area contributed by atoms with E-state index in [1.165, 1.54) is 64.2 Å². The normalized spacial score (nSPS) is 45.8. The van der Waals surface area contributed by atoms with Crippen molar-refractivity contribution in [3.05, 3.63) is 18.4 Å². The van der Waals surface area contributed by atoms with Gasteiger partial charge in [0.05, 0.1) is 6.42 Å². The summed E-state index contributed by atoms with van der Waals surface area (Å²) in [5, 5.41) is 9.42. The van der Waals surface area contributed by atoms with Crippen molar-refractivity contribution < 1.29 is 9.90 Å². The minimum atomic E-state index is -0.694. The van der Waals surface area contributed by atoms with Gasteiger partial charge in [0.25, 0.3) is 0 Å². The van der Waals surface area contributed by atoms with E-state index in [-0.39, 0.29) is 12.3 Å². The molecule has 0 radical (unpaired) electrons. The standard InChI is InChI=1S/C27H42O2/c1-5-8-19(17-25(28)29)18(2)22-12-13-23-21-11-10-20-9-6-7-15-26(20,3)24(21)14-16-27(22,23)4/h8,18-24H,1,6-7,9-17H2,2-4H3,(H,28,29)/t18-,19?,20+,21+,22-,23+,24+,26+,27-/m1/s1. The Balaban J connectivity index is 1.56. The number of carboxylic acids is 1. The van der Waals surface area contributed by atoms with Gasteiger partial charge in [-0.05, 0) is 110 Å². The molecule has 4 saturated carbocycles. The molecule has 0 heterocycles. The van der Waals surface area contributed by atoms with Crippen molar-refractivity contribution in [2.45, 2.75) is 91.4 Å². The van der Waals surface area contributed by atoms with E-state index in [4.69, 9.17) is 0 Å². The van der Waals surface area contributed by atoms with Crippen molar-refractivity contribution in [1.29, 1.82) is 0 Å². The summed E-state index contributed by atoms with van der Waals surface area (Å²) in [5.74, 6) is 4.10. The molecule has 9 atom stereocenters. The molecule has 4 aliphatic carbocycles. The molecule has 0 bridgehead atoms. The summed E-state index contributed by atoms with van der Waals surface area (Å²) < 4.78 is 0. The van der Waals surface area contributed by atoms with E-state index in [9.17, 15) is 9.90 Å². The van der Waals surface area contributed by atoms with Gasteiger partial charge in [0.15, 0.2) is 0 Å². The molecule has 2 nitrogen and oxygen atoms in total. The summed E-state index contributed by atoms with van der Waals surface area (Å²) in [4.78, 5) is 11.5. The highest BCUT2D eigenvalue weighted by Crippen LogP contribution is 2.68. The lowest BCUT2D eigenvalue weighted by Crippen LogP contribution is -2.53. The van der Waals surface area contributed by atoms with E-state index in [1.54, 1.807) is 0 Å². The fraction of sp³-hybridized carbons (Fsp3) is 0.852. The molecule has 2 heteroatoms. The van der Waals surface area contributed by atoms with Gasteiger partial charge in [0, 0.05) is 0 Å². The summed E-state index contributed by atoms with van der Waals surface area (Å²) in [6, 6.07) is 0. The third-order valence-corrected chi connectivity index (χ3v) is 10.7. The average molecular weight is 399 g/mol. The van der Waals surface area contributed by atoms with Crippen LogP contribution in [0, 0.1) is 52.3 Å². The summed E-state index contributed by atoms with van der Waals surface area (Å²) in [6.07, 6.45) is 16.3. The number of rotatable bonds is 5. The third kappa shape index (κ3) is 3.44. The van der Waals surface area contributed by atoms with Gasteiger partial charge >= 0.3 is 5.97 Å². The predicted molar refractivity (Wildman–Crippen MR) is 118 cm³/mol. The number of carbonyl (C=O) groups is 1. The molecule has 0 aromatic heterocycles. The quantitative estimate of drug-likeness (QED) is 0.501. The minimum absolute atomic E-state index is 0.0647. The summed E-state index contributed by atoms with van der Waals surface area (Å²) in [7, 11) is 0. The Morgan fingerprint density at radius 2 is 1.83 bits per heavy atom. The zero-order valence-corrected chi connectivity index (χ0v) is 19.0. The van der Waals surface area contributed by atoms with E-state index in [0.29, 0.717) is 22.7 Å². The van der Waals surface area contributed by atoms with Crippen molar-refractivity contribution in [3.8, 4) is 0 Å². The first kappa shape index (κ1) is 21.2. The van der Waals surface area contributed by atoms with Crippen LogP contribution in [0.4, 0.5) is 0 Å². The maximum absolute atomic E-state index is 11.5. The minimum Gasteiger partial charge on any atom is -0.481 e. The van der Waals surface area contributed by atoms with Crippen LogP contribution in [0.2, 0.25) is 0 Å². The number of fused-ring (bicyclic) bond motifs is 5. The molecule has 1 N–H and O–H groups in total. The maximum atomic E-state index is 11.5. The van der Waals surface area contributed by atoms with Gasteiger partial charge in [-0.25, -0.2) is 0 Å². The van der Waals surface area contributed by atoms with E-state index >= 15 is 0 Å². The van der Waals surface area contributed by atoms with Gasteiger partial charge in [-0.1, -0.05) is 40.2 Å². The number of aliphatic carboxylic acids is 1. The number of hydrogen-bond donors (Lipinski definition) is 1. The number of hydrogen-bond acceptors (Lipinski definition) is 1. The zero-order chi connectivity index (χ0) is 20.8. The highest BCUT2D eigenvalue weighted by atomic mass is 16.4. The maximum Gasteiger partial charge on any atom is 0.303 e. The van der Waals surface area contributed by atoms with Crippen molar-refractivity contribution >= 4 is 5.97 Å². The van der Waals surface area contributed by atoms with Crippen molar-refractivity contribution in [1.82, 2.24) is 0 Å². The Morgan fingerprint density at radius 3 is 2.55 bits per heavy atom. The molecule has 0 aliphatic heterocycles. The molecule has 1 unspecified atom stereocenters. The fourth-order valence-corrected chi connectivity index (χ4v) is 9.25. The average Bonchev–Trinajstić information content (AvgIpc) is 3.03. The highest BCUT2D eigenvalue weighted by molar-refractivity contribution is 5.67. The number of carboxylic acid groups (broad SMARTS) is 1. The molecule has 0 amide bonds. The fourth-order valence-electron chi connectivity index (χ4n) is 9.25. The van der Waals surface area contributed by atoms with Crippen LogP contribution >= 0.6 is 0 Å². The largest absolute Gasteiger partial charge is 0.481 e. The van der Waals surface area contributed by atoms with Crippen LogP contribution in [-0.4, -0.2) is 11.1 Å². The van der Waals surface area contributed by atoms with Gasteiger partial charge in [-0.3, -0.25) is 4.79 Å². The highest BCUT2D eigenvalue weighted by Gasteiger charge is 2.60. The third-order valence-electron chi connectivity index (χ3n) is 10.7. The van der Waals surface area contributed by atoms with Crippen molar-refractivity contribution in [3.63, 3.8) is 0 Å². The van der Waals surface area contributed by atoms with E-state index in [0.717, 1.165) is 23.7 Å². The van der Waals surface area contributed by atoms with Crippen LogP contribution in [0.5, 0.6) is 0 Å². The topological polar surface area (TPSA) is 37.3 Å². The van der Waals surface area contributed by atoms with Crippen LogP contribution in [0.15, 0.2) is 18.4 Å². The molecule has 162 valence electrons. The lowest BCUT2D eigenvalue weighted by molar-refractivity contribution is -0.138. The molecule has 29 heavy (non-hydrogen) atoms. The Bertz CT molecular complexity index is 676. The molecular formula is C27H42O2. The monoisotopic (exact) mass is 398 g/mol. The van der Waals surface area contributed by atoms with Crippen LogP contribution in [0.1, 0.15) is 91.4 Å². The molecular weight excluding hydrogens is 356 g/mol. The molecule has 0 saturated heterocycles.